The summed E-state index contributed by atoms with van der Waals surface area (Å²) in [7, 11) is 1.42. The predicted octanol–water partition coefficient (Wildman–Crippen LogP) is 2.74. The van der Waals surface area contributed by atoms with Crippen molar-refractivity contribution in [2.24, 2.45) is 5.92 Å². The average Bonchev–Trinajstić information content (AvgIpc) is 2.92. The fraction of sp³-hybridized carbons (Fsp3) is 0.421. The van der Waals surface area contributed by atoms with Crippen LogP contribution in [0.25, 0.3) is 0 Å². The summed E-state index contributed by atoms with van der Waals surface area (Å²) >= 11 is 0. The summed E-state index contributed by atoms with van der Waals surface area (Å²) in [6.07, 6.45) is 5.85. The van der Waals surface area contributed by atoms with Crippen LogP contribution in [0.1, 0.15) is 19.4 Å². The standard InChI is InChI=1S/C19H20O4/c1-18(2)22-15-12-9-10-19(16(15)23-18,13-7-5-4-6-8-13)14(11-12)17(20)21-3/h4-12,15-16H,1-3H3/t12?,15-,16-,19?/m1/s1. The Morgan fingerprint density at radius 1 is 1.17 bits per heavy atom. The Bertz CT molecular complexity index is 703. The molecule has 0 aromatic heterocycles. The molecule has 4 aliphatic rings. The molecule has 0 amide bonds. The molecule has 1 aliphatic heterocycles. The van der Waals surface area contributed by atoms with Crippen LogP contribution in [0.3, 0.4) is 0 Å². The fourth-order valence-electron chi connectivity index (χ4n) is 4.09. The quantitative estimate of drug-likeness (QED) is 0.622. The highest BCUT2D eigenvalue weighted by atomic mass is 16.8. The summed E-state index contributed by atoms with van der Waals surface area (Å²) in [5.74, 6) is -0.949. The molecule has 0 spiro atoms. The maximum Gasteiger partial charge on any atom is 0.334 e. The van der Waals surface area contributed by atoms with Crippen LogP contribution in [0.15, 0.2) is 54.1 Å². The van der Waals surface area contributed by atoms with Gasteiger partial charge < -0.3 is 14.2 Å². The van der Waals surface area contributed by atoms with Gasteiger partial charge in [0.25, 0.3) is 0 Å². The lowest BCUT2D eigenvalue weighted by atomic mass is 9.59. The normalized spacial score (nSPS) is 36.5. The number of benzene rings is 1. The Morgan fingerprint density at radius 2 is 1.91 bits per heavy atom. The van der Waals surface area contributed by atoms with Crippen molar-refractivity contribution in [3.05, 3.63) is 59.7 Å². The van der Waals surface area contributed by atoms with E-state index < -0.39 is 11.2 Å². The van der Waals surface area contributed by atoms with Crippen molar-refractivity contribution in [3.8, 4) is 0 Å². The molecular formula is C19H20O4. The minimum atomic E-state index is -0.668. The van der Waals surface area contributed by atoms with E-state index in [1.165, 1.54) is 7.11 Å². The van der Waals surface area contributed by atoms with Crippen LogP contribution >= 0.6 is 0 Å². The highest BCUT2D eigenvalue weighted by Crippen LogP contribution is 2.54. The molecule has 1 saturated heterocycles. The second-order valence-corrected chi connectivity index (χ2v) is 6.76. The van der Waals surface area contributed by atoms with E-state index in [4.69, 9.17) is 14.2 Å². The van der Waals surface area contributed by atoms with Gasteiger partial charge in [-0.2, -0.15) is 0 Å². The van der Waals surface area contributed by atoms with Crippen LogP contribution in [0.4, 0.5) is 0 Å². The minimum absolute atomic E-state index is 0.0291. The number of hydrogen-bond acceptors (Lipinski definition) is 4. The van der Waals surface area contributed by atoms with Gasteiger partial charge in [0.1, 0.15) is 6.10 Å². The summed E-state index contributed by atoms with van der Waals surface area (Å²) in [5.41, 5.74) is 0.991. The number of rotatable bonds is 2. The molecule has 120 valence electrons. The van der Waals surface area contributed by atoms with Crippen molar-refractivity contribution in [2.45, 2.75) is 37.3 Å². The van der Waals surface area contributed by atoms with E-state index in [1.54, 1.807) is 0 Å². The van der Waals surface area contributed by atoms with Crippen molar-refractivity contribution in [1.29, 1.82) is 0 Å². The molecule has 2 bridgehead atoms. The monoisotopic (exact) mass is 312 g/mol. The molecular weight excluding hydrogens is 292 g/mol. The Labute approximate surface area is 135 Å². The summed E-state index contributed by atoms with van der Waals surface area (Å²) in [4.78, 5) is 12.5. The first-order valence-corrected chi connectivity index (χ1v) is 7.89. The third-order valence-corrected chi connectivity index (χ3v) is 5.00. The lowest BCUT2D eigenvalue weighted by Gasteiger charge is -2.47. The Kier molecular flexibility index (Phi) is 3.06. The van der Waals surface area contributed by atoms with E-state index in [1.807, 2.05) is 50.3 Å². The molecule has 4 atom stereocenters. The zero-order chi connectivity index (χ0) is 16.2. The van der Waals surface area contributed by atoms with Gasteiger partial charge in [-0.25, -0.2) is 4.79 Å². The summed E-state index contributed by atoms with van der Waals surface area (Å²) < 4.78 is 17.4. The topological polar surface area (TPSA) is 44.8 Å². The molecule has 0 radical (unpaired) electrons. The maximum atomic E-state index is 12.5. The van der Waals surface area contributed by atoms with Gasteiger partial charge in [-0.1, -0.05) is 48.6 Å². The molecule has 5 rings (SSSR count). The van der Waals surface area contributed by atoms with Gasteiger partial charge in [0.15, 0.2) is 5.79 Å². The molecule has 0 N–H and O–H groups in total. The van der Waals surface area contributed by atoms with Gasteiger partial charge in [-0.05, 0) is 19.4 Å². The lowest BCUT2D eigenvalue weighted by molar-refractivity contribution is -0.150. The van der Waals surface area contributed by atoms with E-state index in [0.29, 0.717) is 5.57 Å². The second-order valence-electron chi connectivity index (χ2n) is 6.76. The van der Waals surface area contributed by atoms with E-state index >= 15 is 0 Å². The van der Waals surface area contributed by atoms with Crippen molar-refractivity contribution < 1.29 is 19.0 Å². The number of carbonyl (C=O) groups is 1. The summed E-state index contributed by atoms with van der Waals surface area (Å²) in [6, 6.07) is 9.97. The smallest absolute Gasteiger partial charge is 0.334 e. The zero-order valence-corrected chi connectivity index (χ0v) is 13.5. The Morgan fingerprint density at radius 3 is 2.61 bits per heavy atom. The van der Waals surface area contributed by atoms with Crippen LogP contribution in [0.5, 0.6) is 0 Å². The zero-order valence-electron chi connectivity index (χ0n) is 13.5. The first kappa shape index (κ1) is 14.7. The molecule has 4 nitrogen and oxygen atoms in total. The highest BCUT2D eigenvalue weighted by molar-refractivity contribution is 5.93. The van der Waals surface area contributed by atoms with Gasteiger partial charge in [0.05, 0.1) is 24.2 Å². The fourth-order valence-corrected chi connectivity index (χ4v) is 4.09. The third-order valence-electron chi connectivity index (χ3n) is 5.00. The highest BCUT2D eigenvalue weighted by Gasteiger charge is 2.61. The minimum Gasteiger partial charge on any atom is -0.466 e. The Balaban J connectivity index is 1.92. The first-order valence-electron chi connectivity index (χ1n) is 7.89. The van der Waals surface area contributed by atoms with E-state index in [9.17, 15) is 4.79 Å². The van der Waals surface area contributed by atoms with E-state index in [-0.39, 0.29) is 24.1 Å². The molecule has 1 fully saturated rings. The van der Waals surface area contributed by atoms with Crippen molar-refractivity contribution in [2.75, 3.05) is 7.11 Å². The van der Waals surface area contributed by atoms with Crippen LogP contribution in [0.2, 0.25) is 0 Å². The van der Waals surface area contributed by atoms with Gasteiger partial charge in [0.2, 0.25) is 0 Å². The molecule has 3 aliphatic carbocycles. The van der Waals surface area contributed by atoms with Crippen LogP contribution < -0.4 is 0 Å². The lowest BCUT2D eigenvalue weighted by Crippen LogP contribution is -2.55. The molecule has 23 heavy (non-hydrogen) atoms. The number of hydrogen-bond donors (Lipinski definition) is 0. The van der Waals surface area contributed by atoms with Crippen LogP contribution in [-0.2, 0) is 24.4 Å². The SMILES string of the molecule is COC(=O)C1=CC2C=CC1(c1ccccc1)[C@@H]1OC(C)(C)O[C@H]21. The largest absolute Gasteiger partial charge is 0.466 e. The first-order chi connectivity index (χ1) is 11.0. The molecule has 2 unspecified atom stereocenters. The van der Waals surface area contributed by atoms with Gasteiger partial charge in [-0.3, -0.25) is 0 Å². The third kappa shape index (κ3) is 1.95. The predicted molar refractivity (Wildman–Crippen MR) is 84.7 cm³/mol. The number of esters is 1. The summed E-state index contributed by atoms with van der Waals surface area (Å²) in [5, 5.41) is 0. The molecule has 4 heteroatoms. The second kappa shape index (κ2) is 4.79. The molecule has 0 saturated carbocycles. The van der Waals surface area contributed by atoms with Gasteiger partial charge >= 0.3 is 5.97 Å². The number of methoxy groups -OCH3 is 1. The van der Waals surface area contributed by atoms with E-state index in [0.717, 1.165) is 5.56 Å². The number of ether oxygens (including phenoxy) is 3. The number of carbonyl (C=O) groups excluding carboxylic acids is 1. The van der Waals surface area contributed by atoms with Crippen LogP contribution in [0, 0.1) is 5.92 Å². The van der Waals surface area contributed by atoms with Crippen LogP contribution in [-0.4, -0.2) is 31.1 Å². The maximum absolute atomic E-state index is 12.5. The molecule has 1 aromatic rings. The van der Waals surface area contributed by atoms with E-state index in [2.05, 4.69) is 12.2 Å². The van der Waals surface area contributed by atoms with Crippen molar-refractivity contribution in [3.63, 3.8) is 0 Å². The Hall–Kier alpha value is -1.91. The van der Waals surface area contributed by atoms with Gasteiger partial charge in [-0.15, -0.1) is 0 Å². The van der Waals surface area contributed by atoms with Crippen molar-refractivity contribution >= 4 is 5.97 Å². The van der Waals surface area contributed by atoms with Gasteiger partial charge in [0, 0.05) is 5.92 Å². The average molecular weight is 312 g/mol. The summed E-state index contributed by atoms with van der Waals surface area (Å²) in [6.45, 7) is 3.84. The molecule has 1 heterocycles. The van der Waals surface area contributed by atoms with Crippen molar-refractivity contribution in [1.82, 2.24) is 0 Å². The molecule has 1 aromatic carbocycles.